The maximum atomic E-state index is 6.75. The van der Waals surface area contributed by atoms with Crippen LogP contribution in [0.15, 0.2) is 97.1 Å². The lowest BCUT2D eigenvalue weighted by Gasteiger charge is -2.32. The average Bonchev–Trinajstić information content (AvgIpc) is 3.30. The Bertz CT molecular complexity index is 1530. The molecular formula is C29H21Cl2N3O. The fourth-order valence-electron chi connectivity index (χ4n) is 4.66. The van der Waals surface area contributed by atoms with Crippen LogP contribution in [0.2, 0.25) is 10.0 Å². The van der Waals surface area contributed by atoms with Gasteiger partial charge in [-0.15, -0.1) is 0 Å². The Labute approximate surface area is 213 Å². The van der Waals surface area contributed by atoms with Crippen molar-refractivity contribution in [2.75, 3.05) is 12.4 Å². The number of benzene rings is 4. The highest BCUT2D eigenvalue weighted by Crippen LogP contribution is 2.47. The van der Waals surface area contributed by atoms with E-state index in [1.165, 1.54) is 0 Å². The number of halogens is 2. The van der Waals surface area contributed by atoms with Gasteiger partial charge in [-0.1, -0.05) is 89.9 Å². The van der Waals surface area contributed by atoms with Crippen LogP contribution < -0.4 is 10.1 Å². The van der Waals surface area contributed by atoms with Gasteiger partial charge in [-0.25, -0.2) is 4.98 Å². The molecule has 1 aliphatic rings. The molecule has 0 aliphatic carbocycles. The number of nitrogens with zero attached hydrogens (tertiary/aromatic N) is 2. The summed E-state index contributed by atoms with van der Waals surface area (Å²) in [6.45, 7) is 0. The third-order valence-corrected chi connectivity index (χ3v) is 6.84. The molecule has 0 saturated carbocycles. The maximum absolute atomic E-state index is 6.75. The lowest BCUT2D eigenvalue weighted by molar-refractivity contribution is 0.415. The molecule has 0 bridgehead atoms. The van der Waals surface area contributed by atoms with E-state index < -0.39 is 0 Å². The highest BCUT2D eigenvalue weighted by molar-refractivity contribution is 6.35. The quantitative estimate of drug-likeness (QED) is 0.272. The van der Waals surface area contributed by atoms with Crippen molar-refractivity contribution in [3.05, 3.63) is 113 Å². The lowest BCUT2D eigenvalue weighted by atomic mass is 10.0. The molecule has 6 rings (SSSR count). The molecule has 1 atom stereocenters. The summed E-state index contributed by atoms with van der Waals surface area (Å²) in [6, 6.07) is 32.2. The number of imidazole rings is 1. The second-order valence-electron chi connectivity index (χ2n) is 8.36. The number of rotatable bonds is 4. The van der Waals surface area contributed by atoms with Gasteiger partial charge in [-0.05, 0) is 30.3 Å². The molecule has 0 saturated heterocycles. The second kappa shape index (κ2) is 8.81. The second-order valence-corrected chi connectivity index (χ2v) is 9.20. The van der Waals surface area contributed by atoms with Gasteiger partial charge in [0.25, 0.3) is 0 Å². The number of anilines is 1. The molecule has 6 heteroatoms. The molecule has 1 aliphatic heterocycles. The van der Waals surface area contributed by atoms with Crippen molar-refractivity contribution >= 4 is 28.9 Å². The largest absolute Gasteiger partial charge is 0.497 e. The summed E-state index contributed by atoms with van der Waals surface area (Å²) in [7, 11) is 1.67. The van der Waals surface area contributed by atoms with Gasteiger partial charge in [0.1, 0.15) is 17.7 Å². The highest BCUT2D eigenvalue weighted by atomic mass is 35.5. The Morgan fingerprint density at radius 2 is 1.54 bits per heavy atom. The molecule has 1 N–H and O–H groups in total. The normalized spacial score (nSPS) is 14.1. The van der Waals surface area contributed by atoms with E-state index in [2.05, 4.69) is 34.1 Å². The minimum absolute atomic E-state index is 0.296. The van der Waals surface area contributed by atoms with E-state index in [0.29, 0.717) is 10.0 Å². The Balaban J connectivity index is 1.70. The minimum Gasteiger partial charge on any atom is -0.497 e. The van der Waals surface area contributed by atoms with Crippen LogP contribution in [0.1, 0.15) is 11.7 Å². The van der Waals surface area contributed by atoms with Crippen LogP contribution >= 0.6 is 23.2 Å². The highest BCUT2D eigenvalue weighted by Gasteiger charge is 2.33. The molecule has 0 radical (unpaired) electrons. The van der Waals surface area contributed by atoms with E-state index in [-0.39, 0.29) is 6.17 Å². The number of aromatic nitrogens is 2. The Morgan fingerprint density at radius 3 is 2.23 bits per heavy atom. The van der Waals surface area contributed by atoms with Crippen molar-refractivity contribution in [1.82, 2.24) is 9.55 Å². The van der Waals surface area contributed by atoms with E-state index >= 15 is 0 Å². The van der Waals surface area contributed by atoms with E-state index in [9.17, 15) is 0 Å². The van der Waals surface area contributed by atoms with E-state index in [1.807, 2.05) is 66.7 Å². The van der Waals surface area contributed by atoms with Crippen molar-refractivity contribution < 1.29 is 4.74 Å². The smallest absolute Gasteiger partial charge is 0.145 e. The van der Waals surface area contributed by atoms with Crippen molar-refractivity contribution in [3.63, 3.8) is 0 Å². The summed E-state index contributed by atoms with van der Waals surface area (Å²) < 4.78 is 7.78. The van der Waals surface area contributed by atoms with E-state index in [4.69, 9.17) is 32.9 Å². The molecule has 0 spiro atoms. The Kier molecular flexibility index (Phi) is 5.48. The van der Waals surface area contributed by atoms with Crippen LogP contribution in [0.25, 0.3) is 33.9 Å². The summed E-state index contributed by atoms with van der Waals surface area (Å²) in [4.78, 5) is 5.24. The van der Waals surface area contributed by atoms with Crippen molar-refractivity contribution in [2.45, 2.75) is 6.17 Å². The molecule has 2 heterocycles. The van der Waals surface area contributed by atoms with E-state index in [1.54, 1.807) is 13.2 Å². The zero-order chi connectivity index (χ0) is 23.9. The van der Waals surface area contributed by atoms with Crippen LogP contribution in [0.5, 0.6) is 5.75 Å². The standard InChI is InChI=1S/C29H21Cl2N3O/c1-35-21-13-15-25-23(17-21)29-33-26(18-8-4-2-5-9-18)27(19-10-6-3-7-11-19)34(29)28(32-25)22-14-12-20(30)16-24(22)31/h2-17,28,32H,1H3. The fraction of sp³-hybridized carbons (Fsp3) is 0.0690. The van der Waals surface area contributed by atoms with Crippen molar-refractivity contribution in [2.24, 2.45) is 0 Å². The molecule has 172 valence electrons. The zero-order valence-corrected chi connectivity index (χ0v) is 20.4. The minimum atomic E-state index is -0.296. The number of fused-ring (bicyclic) bond motifs is 3. The number of methoxy groups -OCH3 is 1. The summed E-state index contributed by atoms with van der Waals surface area (Å²) in [5.41, 5.74) is 6.84. The van der Waals surface area contributed by atoms with Crippen LogP contribution in [0.3, 0.4) is 0 Å². The number of ether oxygens (including phenoxy) is 1. The monoisotopic (exact) mass is 497 g/mol. The maximum Gasteiger partial charge on any atom is 0.145 e. The molecule has 4 nitrogen and oxygen atoms in total. The Morgan fingerprint density at radius 1 is 0.829 bits per heavy atom. The first kappa shape index (κ1) is 21.8. The predicted molar refractivity (Wildman–Crippen MR) is 143 cm³/mol. The molecule has 0 fully saturated rings. The van der Waals surface area contributed by atoms with Gasteiger partial charge in [0, 0.05) is 38.0 Å². The molecular weight excluding hydrogens is 477 g/mol. The van der Waals surface area contributed by atoms with Crippen LogP contribution in [-0.2, 0) is 0 Å². The van der Waals surface area contributed by atoms with Crippen LogP contribution in [0, 0.1) is 0 Å². The molecule has 4 aromatic carbocycles. The molecule has 1 aromatic heterocycles. The SMILES string of the molecule is COc1ccc2c(c1)-c1nc(-c3ccccc3)c(-c3ccccc3)n1C(c1ccc(Cl)cc1Cl)N2. The van der Waals surface area contributed by atoms with Crippen molar-refractivity contribution in [1.29, 1.82) is 0 Å². The van der Waals surface area contributed by atoms with Gasteiger partial charge in [-0.2, -0.15) is 0 Å². The lowest BCUT2D eigenvalue weighted by Crippen LogP contribution is -2.26. The molecule has 0 amide bonds. The first-order valence-electron chi connectivity index (χ1n) is 11.3. The fourth-order valence-corrected chi connectivity index (χ4v) is 5.17. The third kappa shape index (κ3) is 3.75. The summed E-state index contributed by atoms with van der Waals surface area (Å²) in [5.74, 6) is 1.61. The van der Waals surface area contributed by atoms with Gasteiger partial charge in [0.15, 0.2) is 0 Å². The van der Waals surface area contributed by atoms with Gasteiger partial charge >= 0.3 is 0 Å². The first-order valence-corrected chi connectivity index (χ1v) is 12.0. The Hall–Kier alpha value is -3.73. The number of hydrogen-bond acceptors (Lipinski definition) is 3. The molecule has 5 aromatic rings. The first-order chi connectivity index (χ1) is 17.1. The number of hydrogen-bond donors (Lipinski definition) is 1. The van der Waals surface area contributed by atoms with Gasteiger partial charge < -0.3 is 10.1 Å². The van der Waals surface area contributed by atoms with Crippen LogP contribution in [-0.4, -0.2) is 16.7 Å². The topological polar surface area (TPSA) is 39.1 Å². The molecule has 1 unspecified atom stereocenters. The molecule has 35 heavy (non-hydrogen) atoms. The third-order valence-electron chi connectivity index (χ3n) is 6.28. The summed E-state index contributed by atoms with van der Waals surface area (Å²) in [6.07, 6.45) is -0.296. The van der Waals surface area contributed by atoms with Gasteiger partial charge in [0.2, 0.25) is 0 Å². The predicted octanol–water partition coefficient (Wildman–Crippen LogP) is 8.17. The average molecular weight is 498 g/mol. The summed E-state index contributed by atoms with van der Waals surface area (Å²) in [5, 5.41) is 4.88. The van der Waals surface area contributed by atoms with Crippen LogP contribution in [0.4, 0.5) is 5.69 Å². The van der Waals surface area contributed by atoms with Crippen molar-refractivity contribution in [3.8, 4) is 39.7 Å². The number of nitrogens with one attached hydrogen (secondary N) is 1. The van der Waals surface area contributed by atoms with Gasteiger partial charge in [0.05, 0.1) is 18.5 Å². The summed E-state index contributed by atoms with van der Waals surface area (Å²) >= 11 is 13.0. The van der Waals surface area contributed by atoms with Gasteiger partial charge in [-0.3, -0.25) is 4.57 Å². The van der Waals surface area contributed by atoms with E-state index in [0.717, 1.165) is 50.9 Å². The zero-order valence-electron chi connectivity index (χ0n) is 18.9.